The van der Waals surface area contributed by atoms with Gasteiger partial charge in [-0.25, -0.2) is 4.98 Å². The molecule has 0 amide bonds. The largest absolute Gasteiger partial charge is 0.383 e. The van der Waals surface area contributed by atoms with Gasteiger partial charge in [-0.3, -0.25) is 4.68 Å². The maximum absolute atomic E-state index is 10.8. The van der Waals surface area contributed by atoms with E-state index in [2.05, 4.69) is 46.6 Å². The Labute approximate surface area is 201 Å². The van der Waals surface area contributed by atoms with Crippen molar-refractivity contribution < 1.29 is 9.84 Å². The maximum Gasteiger partial charge on any atom is 0.126 e. The summed E-state index contributed by atoms with van der Waals surface area (Å²) in [5, 5.41) is 19.1. The fraction of sp³-hybridized carbons (Fsp3) is 0.481. The summed E-state index contributed by atoms with van der Waals surface area (Å²) < 4.78 is 7.11. The zero-order chi connectivity index (χ0) is 23.8. The molecule has 0 spiro atoms. The molecule has 180 valence electrons. The van der Waals surface area contributed by atoms with Gasteiger partial charge in [-0.15, -0.1) is 0 Å². The molecule has 0 bridgehead atoms. The number of aromatic nitrogens is 3. The molecule has 0 saturated heterocycles. The Balaban J connectivity index is 1.56. The SMILES string of the molecule is COCCn1cc(-c2ccc3c(c2)[C@@H](Nc2cccc(C)n2)[C@H](C)[C@@H](C2CC2)N3C(C)O)cn1. The van der Waals surface area contributed by atoms with E-state index in [1.165, 1.54) is 18.4 Å². The summed E-state index contributed by atoms with van der Waals surface area (Å²) in [5.41, 5.74) is 5.48. The summed E-state index contributed by atoms with van der Waals surface area (Å²) in [6.45, 7) is 7.56. The predicted octanol–water partition coefficient (Wildman–Crippen LogP) is 4.63. The number of benzene rings is 1. The number of anilines is 2. The molecule has 0 radical (unpaired) electrons. The predicted molar refractivity (Wildman–Crippen MR) is 135 cm³/mol. The van der Waals surface area contributed by atoms with Crippen molar-refractivity contribution in [1.29, 1.82) is 0 Å². The quantitative estimate of drug-likeness (QED) is 0.510. The van der Waals surface area contributed by atoms with Crippen molar-refractivity contribution in [3.63, 3.8) is 0 Å². The first-order valence-corrected chi connectivity index (χ1v) is 12.3. The van der Waals surface area contributed by atoms with Crippen molar-refractivity contribution in [2.75, 3.05) is 23.9 Å². The highest BCUT2D eigenvalue weighted by molar-refractivity contribution is 5.71. The summed E-state index contributed by atoms with van der Waals surface area (Å²) in [4.78, 5) is 6.97. The van der Waals surface area contributed by atoms with Crippen LogP contribution in [0.4, 0.5) is 11.5 Å². The number of hydrogen-bond acceptors (Lipinski definition) is 6. The summed E-state index contributed by atoms with van der Waals surface area (Å²) in [7, 11) is 1.70. The first-order valence-electron chi connectivity index (χ1n) is 12.3. The molecule has 5 rings (SSSR count). The van der Waals surface area contributed by atoms with Gasteiger partial charge in [-0.2, -0.15) is 5.10 Å². The number of ether oxygens (including phenoxy) is 1. The van der Waals surface area contributed by atoms with Crippen LogP contribution in [0.1, 0.15) is 44.0 Å². The third kappa shape index (κ3) is 4.42. The third-order valence-electron chi connectivity index (χ3n) is 7.22. The zero-order valence-electron chi connectivity index (χ0n) is 20.5. The molecule has 1 unspecified atom stereocenters. The molecule has 4 atom stereocenters. The molecule has 34 heavy (non-hydrogen) atoms. The molecular formula is C27H35N5O2. The van der Waals surface area contributed by atoms with Crippen molar-refractivity contribution in [3.8, 4) is 11.1 Å². The molecule has 7 nitrogen and oxygen atoms in total. The van der Waals surface area contributed by atoms with E-state index in [-0.39, 0.29) is 12.1 Å². The molecule has 1 aromatic carbocycles. The Bertz CT molecular complexity index is 1140. The standard InChI is InChI=1S/C27H35N5O2/c1-17-6-5-7-25(29-17)30-26-18(2)27(20-8-9-20)32(19(3)33)24-11-10-21(14-23(24)26)22-15-28-31(16-22)12-13-34-4/h5-7,10-11,14-16,18-20,26-27,33H,8-9,12-13H2,1-4H3,(H,29,30)/t18-,19?,26-,27-/m0/s1. The molecular weight excluding hydrogens is 426 g/mol. The minimum atomic E-state index is -0.549. The third-order valence-corrected chi connectivity index (χ3v) is 7.22. The van der Waals surface area contributed by atoms with E-state index in [1.54, 1.807) is 7.11 Å². The second-order valence-corrected chi connectivity index (χ2v) is 9.77. The Morgan fingerprint density at radius 1 is 1.21 bits per heavy atom. The molecule has 1 fully saturated rings. The highest BCUT2D eigenvalue weighted by atomic mass is 16.5. The van der Waals surface area contributed by atoms with Gasteiger partial charge in [0.05, 0.1) is 25.4 Å². The summed E-state index contributed by atoms with van der Waals surface area (Å²) in [6, 6.07) is 13.1. The molecule has 2 aromatic heterocycles. The average molecular weight is 462 g/mol. The van der Waals surface area contributed by atoms with E-state index < -0.39 is 6.23 Å². The second-order valence-electron chi connectivity index (χ2n) is 9.77. The number of nitrogens with one attached hydrogen (secondary N) is 1. The first-order chi connectivity index (χ1) is 16.5. The molecule has 2 aliphatic rings. The van der Waals surface area contributed by atoms with Gasteiger partial charge < -0.3 is 20.1 Å². The molecule has 7 heteroatoms. The van der Waals surface area contributed by atoms with Crippen LogP contribution in [0, 0.1) is 18.8 Å². The number of fused-ring (bicyclic) bond motifs is 1. The second kappa shape index (κ2) is 9.39. The van der Waals surface area contributed by atoms with Crippen LogP contribution in [0.5, 0.6) is 0 Å². The zero-order valence-corrected chi connectivity index (χ0v) is 20.5. The van der Waals surface area contributed by atoms with E-state index in [9.17, 15) is 5.11 Å². The first kappa shape index (κ1) is 22.9. The number of methoxy groups -OCH3 is 1. The highest BCUT2D eigenvalue weighted by Gasteiger charge is 2.47. The Morgan fingerprint density at radius 3 is 2.74 bits per heavy atom. The van der Waals surface area contributed by atoms with E-state index in [0.717, 1.165) is 34.9 Å². The van der Waals surface area contributed by atoms with Gasteiger partial charge in [0, 0.05) is 42.2 Å². The Kier molecular flexibility index (Phi) is 6.32. The van der Waals surface area contributed by atoms with Gasteiger partial charge in [0.2, 0.25) is 0 Å². The Hall–Kier alpha value is -2.90. The molecule has 1 aliphatic carbocycles. The van der Waals surface area contributed by atoms with Gasteiger partial charge in [-0.05, 0) is 68.0 Å². The van der Waals surface area contributed by atoms with Gasteiger partial charge >= 0.3 is 0 Å². The van der Waals surface area contributed by atoms with Gasteiger partial charge in [0.1, 0.15) is 12.0 Å². The number of aliphatic hydroxyl groups is 1. The van der Waals surface area contributed by atoms with E-state index in [1.807, 2.05) is 42.9 Å². The lowest BCUT2D eigenvalue weighted by molar-refractivity contribution is 0.151. The summed E-state index contributed by atoms with van der Waals surface area (Å²) >= 11 is 0. The van der Waals surface area contributed by atoms with Crippen LogP contribution in [0.25, 0.3) is 11.1 Å². The molecule has 2 N–H and O–H groups in total. The summed E-state index contributed by atoms with van der Waals surface area (Å²) in [5.74, 6) is 1.81. The van der Waals surface area contributed by atoms with Crippen LogP contribution in [0.2, 0.25) is 0 Å². The van der Waals surface area contributed by atoms with Crippen LogP contribution in [0.15, 0.2) is 48.8 Å². The van der Waals surface area contributed by atoms with E-state index in [4.69, 9.17) is 9.72 Å². The normalized spacial score (nSPS) is 23.0. The topological polar surface area (TPSA) is 75.4 Å². The number of rotatable bonds is 8. The van der Waals surface area contributed by atoms with Crippen LogP contribution >= 0.6 is 0 Å². The molecule has 1 aliphatic heterocycles. The lowest BCUT2D eigenvalue weighted by atomic mass is 9.79. The molecule has 3 heterocycles. The molecule has 3 aromatic rings. The number of pyridine rings is 1. The van der Waals surface area contributed by atoms with Gasteiger partial charge in [-0.1, -0.05) is 19.1 Å². The van der Waals surface area contributed by atoms with Gasteiger partial charge in [0.25, 0.3) is 0 Å². The fourth-order valence-electron chi connectivity index (χ4n) is 5.47. The smallest absolute Gasteiger partial charge is 0.126 e. The van der Waals surface area contributed by atoms with Crippen molar-refractivity contribution in [2.24, 2.45) is 11.8 Å². The van der Waals surface area contributed by atoms with Crippen molar-refractivity contribution in [3.05, 3.63) is 60.0 Å². The van der Waals surface area contributed by atoms with Crippen molar-refractivity contribution in [2.45, 2.75) is 58.5 Å². The lowest BCUT2D eigenvalue weighted by Gasteiger charge is -2.48. The van der Waals surface area contributed by atoms with Crippen LogP contribution < -0.4 is 10.2 Å². The lowest BCUT2D eigenvalue weighted by Crippen LogP contribution is -2.52. The maximum atomic E-state index is 10.8. The van der Waals surface area contributed by atoms with E-state index in [0.29, 0.717) is 18.4 Å². The number of aliphatic hydroxyl groups excluding tert-OH is 1. The fourth-order valence-corrected chi connectivity index (χ4v) is 5.47. The molecule has 1 saturated carbocycles. The van der Waals surface area contributed by atoms with Crippen molar-refractivity contribution >= 4 is 11.5 Å². The highest BCUT2D eigenvalue weighted by Crippen LogP contribution is 2.51. The minimum Gasteiger partial charge on any atom is -0.383 e. The van der Waals surface area contributed by atoms with E-state index >= 15 is 0 Å². The number of aryl methyl sites for hydroxylation is 1. The van der Waals surface area contributed by atoms with Crippen molar-refractivity contribution in [1.82, 2.24) is 14.8 Å². The van der Waals surface area contributed by atoms with Gasteiger partial charge in [0.15, 0.2) is 0 Å². The average Bonchev–Trinajstić information content (AvgIpc) is 3.55. The van der Waals surface area contributed by atoms with Crippen LogP contribution in [-0.2, 0) is 11.3 Å². The Morgan fingerprint density at radius 2 is 2.03 bits per heavy atom. The van der Waals surface area contributed by atoms with Crippen LogP contribution in [0.3, 0.4) is 0 Å². The van der Waals surface area contributed by atoms with Crippen LogP contribution in [-0.4, -0.2) is 45.9 Å². The minimum absolute atomic E-state index is 0.0911. The monoisotopic (exact) mass is 461 g/mol. The summed E-state index contributed by atoms with van der Waals surface area (Å²) in [6.07, 6.45) is 5.88. The number of hydrogen-bond donors (Lipinski definition) is 2. The number of nitrogens with zero attached hydrogens (tertiary/aromatic N) is 4.